The second-order valence-electron chi connectivity index (χ2n) is 6.13. The van der Waals surface area contributed by atoms with E-state index in [9.17, 15) is 8.42 Å². The molecule has 0 spiro atoms. The van der Waals surface area contributed by atoms with Crippen LogP contribution in [0.15, 0.2) is 51.8 Å². The summed E-state index contributed by atoms with van der Waals surface area (Å²) in [6, 6.07) is 12.4. The van der Waals surface area contributed by atoms with E-state index >= 15 is 0 Å². The predicted molar refractivity (Wildman–Crippen MR) is 97.4 cm³/mol. The molecule has 2 aromatic rings. The SMILES string of the molecule is O=S(=O)(c1cccc(Br)c1)N1CCC[C@@H]1c1ccc2c(c1)OCCO2. The van der Waals surface area contributed by atoms with Gasteiger partial charge in [0.05, 0.1) is 10.9 Å². The van der Waals surface area contributed by atoms with Crippen molar-refractivity contribution in [1.82, 2.24) is 4.31 Å². The third-order valence-corrected chi connectivity index (χ3v) is 6.95. The van der Waals surface area contributed by atoms with E-state index in [0.29, 0.717) is 30.4 Å². The van der Waals surface area contributed by atoms with Crippen LogP contribution in [0.4, 0.5) is 0 Å². The Morgan fingerprint density at radius 2 is 1.84 bits per heavy atom. The van der Waals surface area contributed by atoms with Gasteiger partial charge in [0.2, 0.25) is 10.0 Å². The van der Waals surface area contributed by atoms with Crippen LogP contribution in [-0.4, -0.2) is 32.5 Å². The molecule has 0 N–H and O–H groups in total. The van der Waals surface area contributed by atoms with E-state index in [0.717, 1.165) is 28.6 Å². The predicted octanol–water partition coefficient (Wildman–Crippen LogP) is 3.75. The summed E-state index contributed by atoms with van der Waals surface area (Å²) >= 11 is 3.35. The van der Waals surface area contributed by atoms with Gasteiger partial charge in [0, 0.05) is 11.0 Å². The minimum Gasteiger partial charge on any atom is -0.486 e. The van der Waals surface area contributed by atoms with Crippen molar-refractivity contribution in [3.63, 3.8) is 0 Å². The third-order valence-electron chi connectivity index (χ3n) is 4.56. The summed E-state index contributed by atoms with van der Waals surface area (Å²) in [5.41, 5.74) is 0.945. The van der Waals surface area contributed by atoms with Gasteiger partial charge in [-0.1, -0.05) is 28.1 Å². The summed E-state index contributed by atoms with van der Waals surface area (Å²) in [7, 11) is -3.55. The fraction of sp³-hybridized carbons (Fsp3) is 0.333. The van der Waals surface area contributed by atoms with E-state index in [1.165, 1.54) is 0 Å². The van der Waals surface area contributed by atoms with Gasteiger partial charge in [-0.15, -0.1) is 0 Å². The Bertz CT molecular complexity index is 900. The van der Waals surface area contributed by atoms with Crippen molar-refractivity contribution in [2.24, 2.45) is 0 Å². The fourth-order valence-corrected chi connectivity index (χ4v) is 5.67. The zero-order chi connectivity index (χ0) is 17.4. The summed E-state index contributed by atoms with van der Waals surface area (Å²) in [6.07, 6.45) is 1.64. The molecule has 5 nitrogen and oxygen atoms in total. The molecule has 0 amide bonds. The standard InChI is InChI=1S/C18H18BrNO4S/c19-14-3-1-4-15(12-14)25(21,22)20-8-2-5-16(20)13-6-7-17-18(11-13)24-10-9-23-17/h1,3-4,6-7,11-12,16H,2,5,8-10H2/t16-/m1/s1. The van der Waals surface area contributed by atoms with E-state index in [2.05, 4.69) is 15.9 Å². The second-order valence-corrected chi connectivity index (χ2v) is 8.94. The number of rotatable bonds is 3. The number of halogens is 1. The normalized spacial score (nSPS) is 20.6. The van der Waals surface area contributed by atoms with Gasteiger partial charge in [-0.25, -0.2) is 8.42 Å². The molecule has 0 bridgehead atoms. The van der Waals surface area contributed by atoms with Crippen LogP contribution in [0.5, 0.6) is 11.5 Å². The van der Waals surface area contributed by atoms with Gasteiger partial charge in [0.25, 0.3) is 0 Å². The van der Waals surface area contributed by atoms with Crippen molar-refractivity contribution in [3.05, 3.63) is 52.5 Å². The van der Waals surface area contributed by atoms with Crippen molar-refractivity contribution in [2.75, 3.05) is 19.8 Å². The first-order chi connectivity index (χ1) is 12.1. The Hall–Kier alpha value is -1.57. The number of hydrogen-bond acceptors (Lipinski definition) is 4. The van der Waals surface area contributed by atoms with Crippen LogP contribution < -0.4 is 9.47 Å². The maximum Gasteiger partial charge on any atom is 0.243 e. The molecular weight excluding hydrogens is 406 g/mol. The van der Waals surface area contributed by atoms with Crippen molar-refractivity contribution in [3.8, 4) is 11.5 Å². The lowest BCUT2D eigenvalue weighted by atomic mass is 10.0. The van der Waals surface area contributed by atoms with Crippen LogP contribution in [0.1, 0.15) is 24.4 Å². The summed E-state index contributed by atoms with van der Waals surface area (Å²) < 4.78 is 39.8. The highest BCUT2D eigenvalue weighted by Gasteiger charge is 2.36. The van der Waals surface area contributed by atoms with Crippen LogP contribution in [0, 0.1) is 0 Å². The Labute approximate surface area is 155 Å². The number of sulfonamides is 1. The number of benzene rings is 2. The largest absolute Gasteiger partial charge is 0.486 e. The zero-order valence-corrected chi connectivity index (χ0v) is 15.9. The van der Waals surface area contributed by atoms with Crippen molar-refractivity contribution in [1.29, 1.82) is 0 Å². The highest BCUT2D eigenvalue weighted by molar-refractivity contribution is 9.10. The molecule has 0 radical (unpaired) electrons. The third kappa shape index (κ3) is 3.16. The fourth-order valence-electron chi connectivity index (χ4n) is 3.39. The first-order valence-corrected chi connectivity index (χ1v) is 10.5. The summed E-state index contributed by atoms with van der Waals surface area (Å²) in [6.45, 7) is 1.58. The maximum absolute atomic E-state index is 13.1. The van der Waals surface area contributed by atoms with Gasteiger partial charge >= 0.3 is 0 Å². The molecule has 0 unspecified atom stereocenters. The van der Waals surface area contributed by atoms with Crippen molar-refractivity contribution in [2.45, 2.75) is 23.8 Å². The topological polar surface area (TPSA) is 55.8 Å². The highest BCUT2D eigenvalue weighted by atomic mass is 79.9. The molecule has 0 aromatic heterocycles. The first kappa shape index (κ1) is 16.9. The van der Waals surface area contributed by atoms with Gasteiger partial charge in [-0.2, -0.15) is 4.31 Å². The summed E-state index contributed by atoms with van der Waals surface area (Å²) in [4.78, 5) is 0.311. The smallest absolute Gasteiger partial charge is 0.243 e. The number of nitrogens with zero attached hydrogens (tertiary/aromatic N) is 1. The van der Waals surface area contributed by atoms with Crippen LogP contribution in [-0.2, 0) is 10.0 Å². The van der Waals surface area contributed by atoms with Gasteiger partial charge in [0.15, 0.2) is 11.5 Å². The monoisotopic (exact) mass is 423 g/mol. The molecule has 1 atom stereocenters. The molecule has 2 aliphatic rings. The van der Waals surface area contributed by atoms with Gasteiger partial charge in [0.1, 0.15) is 13.2 Å². The van der Waals surface area contributed by atoms with Crippen LogP contribution >= 0.6 is 15.9 Å². The van der Waals surface area contributed by atoms with E-state index < -0.39 is 10.0 Å². The second kappa shape index (κ2) is 6.63. The summed E-state index contributed by atoms with van der Waals surface area (Å²) in [5.74, 6) is 1.41. The average Bonchev–Trinajstić information content (AvgIpc) is 3.12. The molecule has 2 aliphatic heterocycles. The molecule has 132 valence electrons. The van der Waals surface area contributed by atoms with E-state index in [4.69, 9.17) is 9.47 Å². The minimum atomic E-state index is -3.55. The van der Waals surface area contributed by atoms with Gasteiger partial charge in [-0.3, -0.25) is 0 Å². The van der Waals surface area contributed by atoms with Crippen molar-refractivity contribution < 1.29 is 17.9 Å². The average molecular weight is 424 g/mol. The molecule has 0 saturated carbocycles. The molecule has 4 rings (SSSR count). The first-order valence-electron chi connectivity index (χ1n) is 8.23. The molecule has 2 aromatic carbocycles. The number of fused-ring (bicyclic) bond motifs is 1. The lowest BCUT2D eigenvalue weighted by molar-refractivity contribution is 0.171. The molecular formula is C18H18BrNO4S. The Morgan fingerprint density at radius 3 is 2.64 bits per heavy atom. The Balaban J connectivity index is 1.69. The number of ether oxygens (including phenoxy) is 2. The quantitative estimate of drug-likeness (QED) is 0.754. The number of hydrogen-bond donors (Lipinski definition) is 0. The summed E-state index contributed by atoms with van der Waals surface area (Å²) in [5, 5.41) is 0. The lowest BCUT2D eigenvalue weighted by Gasteiger charge is -2.26. The zero-order valence-electron chi connectivity index (χ0n) is 13.5. The van der Waals surface area contributed by atoms with Crippen molar-refractivity contribution >= 4 is 26.0 Å². The Kier molecular flexibility index (Phi) is 4.47. The highest BCUT2D eigenvalue weighted by Crippen LogP contribution is 2.40. The van der Waals surface area contributed by atoms with Gasteiger partial charge in [-0.05, 0) is 48.7 Å². The molecule has 1 saturated heterocycles. The van der Waals surface area contributed by atoms with E-state index in [1.54, 1.807) is 22.5 Å². The van der Waals surface area contributed by atoms with Crippen LogP contribution in [0.25, 0.3) is 0 Å². The molecule has 25 heavy (non-hydrogen) atoms. The lowest BCUT2D eigenvalue weighted by Crippen LogP contribution is -2.30. The van der Waals surface area contributed by atoms with Crippen LogP contribution in [0.2, 0.25) is 0 Å². The van der Waals surface area contributed by atoms with E-state index in [-0.39, 0.29) is 6.04 Å². The van der Waals surface area contributed by atoms with E-state index in [1.807, 2.05) is 24.3 Å². The van der Waals surface area contributed by atoms with Crippen LogP contribution in [0.3, 0.4) is 0 Å². The molecule has 2 heterocycles. The van der Waals surface area contributed by atoms with Gasteiger partial charge < -0.3 is 9.47 Å². The molecule has 7 heteroatoms. The molecule has 1 fully saturated rings. The molecule has 0 aliphatic carbocycles. The minimum absolute atomic E-state index is 0.181. The maximum atomic E-state index is 13.1. The Morgan fingerprint density at radius 1 is 1.04 bits per heavy atom.